The minimum absolute atomic E-state index is 0.512. The van der Waals surface area contributed by atoms with Gasteiger partial charge in [-0.05, 0) is 18.6 Å². The summed E-state index contributed by atoms with van der Waals surface area (Å²) in [4.78, 5) is 3.97. The quantitative estimate of drug-likeness (QED) is 0.698. The van der Waals surface area contributed by atoms with Gasteiger partial charge >= 0.3 is 0 Å². The lowest BCUT2D eigenvalue weighted by Crippen LogP contribution is -2.01. The van der Waals surface area contributed by atoms with Gasteiger partial charge in [0.05, 0.1) is 5.69 Å². The molecule has 1 aromatic rings. The summed E-state index contributed by atoms with van der Waals surface area (Å²) in [5.74, 6) is 0.512. The molecule has 0 aliphatic carbocycles. The zero-order chi connectivity index (χ0) is 9.14. The standard InChI is InChI=1S/C9H13N3/c1-6(2)7-4-5-12-9(10)8(7)11-3/h4-5,11H,1H2,2-3H3,(H2,10,12). The van der Waals surface area contributed by atoms with Crippen LogP contribution >= 0.6 is 0 Å². The van der Waals surface area contributed by atoms with E-state index < -0.39 is 0 Å². The third kappa shape index (κ3) is 1.39. The molecule has 3 heteroatoms. The van der Waals surface area contributed by atoms with Crippen molar-refractivity contribution in [3.8, 4) is 0 Å². The largest absolute Gasteiger partial charge is 0.385 e. The van der Waals surface area contributed by atoms with E-state index in [1.165, 1.54) is 0 Å². The summed E-state index contributed by atoms with van der Waals surface area (Å²) in [6.07, 6.45) is 1.68. The van der Waals surface area contributed by atoms with Gasteiger partial charge in [-0.15, -0.1) is 0 Å². The molecule has 1 rings (SSSR count). The van der Waals surface area contributed by atoms with Crippen molar-refractivity contribution in [2.75, 3.05) is 18.1 Å². The van der Waals surface area contributed by atoms with Crippen molar-refractivity contribution in [1.29, 1.82) is 0 Å². The summed E-state index contributed by atoms with van der Waals surface area (Å²) in [5, 5.41) is 3.00. The van der Waals surface area contributed by atoms with E-state index in [2.05, 4.69) is 16.9 Å². The predicted molar refractivity (Wildman–Crippen MR) is 52.9 cm³/mol. The molecule has 1 heterocycles. The van der Waals surface area contributed by atoms with Gasteiger partial charge in [0.2, 0.25) is 0 Å². The van der Waals surface area contributed by atoms with Crippen LogP contribution in [0, 0.1) is 0 Å². The first-order valence-corrected chi connectivity index (χ1v) is 3.75. The minimum Gasteiger partial charge on any atom is -0.385 e. The molecule has 12 heavy (non-hydrogen) atoms. The highest BCUT2D eigenvalue weighted by atomic mass is 14.9. The molecule has 0 atom stereocenters. The van der Waals surface area contributed by atoms with E-state index >= 15 is 0 Å². The van der Waals surface area contributed by atoms with Gasteiger partial charge in [0, 0.05) is 18.8 Å². The van der Waals surface area contributed by atoms with Crippen molar-refractivity contribution in [3.63, 3.8) is 0 Å². The summed E-state index contributed by atoms with van der Waals surface area (Å²) >= 11 is 0. The van der Waals surface area contributed by atoms with Gasteiger partial charge in [0.1, 0.15) is 5.82 Å². The second-order valence-corrected chi connectivity index (χ2v) is 2.65. The van der Waals surface area contributed by atoms with Gasteiger partial charge in [-0.25, -0.2) is 4.98 Å². The highest BCUT2D eigenvalue weighted by Gasteiger charge is 2.04. The zero-order valence-corrected chi connectivity index (χ0v) is 7.39. The van der Waals surface area contributed by atoms with Crippen LogP contribution in [0.4, 0.5) is 11.5 Å². The predicted octanol–water partition coefficient (Wildman–Crippen LogP) is 1.74. The fraction of sp³-hybridized carbons (Fsp3) is 0.222. The molecule has 0 aliphatic heterocycles. The van der Waals surface area contributed by atoms with Crippen LogP contribution in [0.2, 0.25) is 0 Å². The minimum atomic E-state index is 0.512. The van der Waals surface area contributed by atoms with E-state index in [9.17, 15) is 0 Å². The van der Waals surface area contributed by atoms with Gasteiger partial charge in [0.25, 0.3) is 0 Å². The Labute approximate surface area is 72.3 Å². The Bertz CT molecular complexity index is 305. The van der Waals surface area contributed by atoms with Gasteiger partial charge in [-0.2, -0.15) is 0 Å². The lowest BCUT2D eigenvalue weighted by Gasteiger charge is -2.09. The van der Waals surface area contributed by atoms with Crippen molar-refractivity contribution in [2.24, 2.45) is 0 Å². The van der Waals surface area contributed by atoms with E-state index in [1.54, 1.807) is 6.20 Å². The molecule has 0 aliphatic rings. The number of allylic oxidation sites excluding steroid dienone is 1. The molecule has 3 N–H and O–H groups in total. The van der Waals surface area contributed by atoms with Crippen LogP contribution in [0.15, 0.2) is 18.8 Å². The highest BCUT2D eigenvalue weighted by molar-refractivity contribution is 5.79. The van der Waals surface area contributed by atoms with Crippen molar-refractivity contribution in [2.45, 2.75) is 6.92 Å². The molecule has 1 aromatic heterocycles. The lowest BCUT2D eigenvalue weighted by molar-refractivity contribution is 1.30. The van der Waals surface area contributed by atoms with Crippen molar-refractivity contribution >= 4 is 17.1 Å². The van der Waals surface area contributed by atoms with Crippen LogP contribution in [0.25, 0.3) is 5.57 Å². The molecular weight excluding hydrogens is 150 g/mol. The third-order valence-electron chi connectivity index (χ3n) is 1.69. The number of anilines is 2. The number of rotatable bonds is 2. The molecule has 0 spiro atoms. The van der Waals surface area contributed by atoms with Gasteiger partial charge < -0.3 is 11.1 Å². The molecule has 64 valence electrons. The lowest BCUT2D eigenvalue weighted by atomic mass is 10.1. The van der Waals surface area contributed by atoms with Crippen LogP contribution < -0.4 is 11.1 Å². The van der Waals surface area contributed by atoms with Gasteiger partial charge in [0.15, 0.2) is 0 Å². The Kier molecular flexibility index (Phi) is 2.33. The molecule has 0 bridgehead atoms. The maximum Gasteiger partial charge on any atom is 0.147 e. The number of nitrogen functional groups attached to an aromatic ring is 1. The number of hydrogen-bond donors (Lipinski definition) is 2. The van der Waals surface area contributed by atoms with Crippen LogP contribution in [0.5, 0.6) is 0 Å². The number of nitrogens with two attached hydrogens (primary N) is 1. The van der Waals surface area contributed by atoms with Crippen molar-refractivity contribution in [1.82, 2.24) is 4.98 Å². The number of aromatic nitrogens is 1. The van der Waals surface area contributed by atoms with Crippen molar-refractivity contribution < 1.29 is 0 Å². The van der Waals surface area contributed by atoms with Crippen LogP contribution in [0.3, 0.4) is 0 Å². The second kappa shape index (κ2) is 3.26. The maximum absolute atomic E-state index is 5.65. The number of nitrogens with zero attached hydrogens (tertiary/aromatic N) is 1. The third-order valence-corrected chi connectivity index (χ3v) is 1.69. The normalized spacial score (nSPS) is 9.50. The first-order chi connectivity index (χ1) is 5.66. The smallest absolute Gasteiger partial charge is 0.147 e. The topological polar surface area (TPSA) is 50.9 Å². The SMILES string of the molecule is C=C(C)c1ccnc(N)c1NC. The Hall–Kier alpha value is -1.51. The average molecular weight is 163 g/mol. The first-order valence-electron chi connectivity index (χ1n) is 3.75. The molecule has 0 fully saturated rings. The van der Waals surface area contributed by atoms with E-state index in [1.807, 2.05) is 20.0 Å². The molecule has 0 radical (unpaired) electrons. The molecule has 0 unspecified atom stereocenters. The van der Waals surface area contributed by atoms with Crippen LogP contribution in [0.1, 0.15) is 12.5 Å². The Morgan fingerprint density at radius 2 is 2.33 bits per heavy atom. The summed E-state index contributed by atoms with van der Waals surface area (Å²) in [5.41, 5.74) is 8.51. The molecule has 0 saturated carbocycles. The second-order valence-electron chi connectivity index (χ2n) is 2.65. The fourth-order valence-corrected chi connectivity index (χ4v) is 1.10. The van der Waals surface area contributed by atoms with Crippen LogP contribution in [-0.4, -0.2) is 12.0 Å². The monoisotopic (exact) mass is 163 g/mol. The number of nitrogens with one attached hydrogen (secondary N) is 1. The molecule has 3 nitrogen and oxygen atoms in total. The van der Waals surface area contributed by atoms with E-state index in [4.69, 9.17) is 5.73 Å². The Morgan fingerprint density at radius 1 is 1.67 bits per heavy atom. The maximum atomic E-state index is 5.65. The Balaban J connectivity index is 3.27. The van der Waals surface area contributed by atoms with E-state index in [0.29, 0.717) is 5.82 Å². The number of pyridine rings is 1. The summed E-state index contributed by atoms with van der Waals surface area (Å²) in [7, 11) is 1.82. The van der Waals surface area contributed by atoms with Gasteiger partial charge in [-0.1, -0.05) is 6.58 Å². The summed E-state index contributed by atoms with van der Waals surface area (Å²) in [6, 6.07) is 1.89. The molecule has 0 amide bonds. The van der Waals surface area contributed by atoms with Crippen LogP contribution in [-0.2, 0) is 0 Å². The molecular formula is C9H13N3. The molecule has 0 saturated heterocycles. The van der Waals surface area contributed by atoms with Crippen molar-refractivity contribution in [3.05, 3.63) is 24.4 Å². The fourth-order valence-electron chi connectivity index (χ4n) is 1.10. The van der Waals surface area contributed by atoms with E-state index in [-0.39, 0.29) is 0 Å². The Morgan fingerprint density at radius 3 is 2.75 bits per heavy atom. The summed E-state index contributed by atoms with van der Waals surface area (Å²) < 4.78 is 0. The number of hydrogen-bond acceptors (Lipinski definition) is 3. The summed E-state index contributed by atoms with van der Waals surface area (Å²) in [6.45, 7) is 5.79. The van der Waals surface area contributed by atoms with E-state index in [0.717, 1.165) is 16.8 Å². The van der Waals surface area contributed by atoms with Gasteiger partial charge in [-0.3, -0.25) is 0 Å². The molecule has 0 aromatic carbocycles. The first kappa shape index (κ1) is 8.59. The highest BCUT2D eigenvalue weighted by Crippen LogP contribution is 2.25. The average Bonchev–Trinajstić information content (AvgIpc) is 2.03. The zero-order valence-electron chi connectivity index (χ0n) is 7.39.